The Morgan fingerprint density at radius 1 is 0.885 bits per heavy atom. The first kappa shape index (κ1) is 40.6. The summed E-state index contributed by atoms with van der Waals surface area (Å²) in [4.78, 5) is 80.4. The molecular formula is C47H48ClN7O6. The quantitative estimate of drug-likeness (QED) is 0.166. The van der Waals surface area contributed by atoms with Crippen LogP contribution in [0.2, 0.25) is 5.02 Å². The van der Waals surface area contributed by atoms with Crippen LogP contribution in [0.5, 0.6) is 5.75 Å². The Balaban J connectivity index is 0.767. The number of carbonyl (C=O) groups is 5. The molecule has 9 rings (SSSR count). The summed E-state index contributed by atoms with van der Waals surface area (Å²) < 4.78 is 6.47. The molecule has 2 saturated carbocycles. The lowest BCUT2D eigenvalue weighted by Gasteiger charge is -2.65. The summed E-state index contributed by atoms with van der Waals surface area (Å²) >= 11 is 6.30. The van der Waals surface area contributed by atoms with Crippen LogP contribution in [-0.4, -0.2) is 99.6 Å². The largest absolute Gasteiger partial charge is 0.489 e. The third-order valence-corrected chi connectivity index (χ3v) is 14.4. The molecule has 0 radical (unpaired) electrons. The zero-order chi connectivity index (χ0) is 43.1. The summed E-state index contributed by atoms with van der Waals surface area (Å²) in [5, 5.41) is 2.60. The number of carbonyl (C=O) groups excluding carboxylic acids is 5. The van der Waals surface area contributed by atoms with Crippen molar-refractivity contribution in [1.29, 1.82) is 0 Å². The van der Waals surface area contributed by atoms with Crippen LogP contribution in [0.3, 0.4) is 0 Å². The second kappa shape index (κ2) is 15.0. The van der Waals surface area contributed by atoms with Crippen molar-refractivity contribution in [2.75, 3.05) is 25.0 Å². The van der Waals surface area contributed by atoms with Crippen molar-refractivity contribution in [3.05, 3.63) is 93.0 Å². The van der Waals surface area contributed by atoms with Crippen LogP contribution in [0.15, 0.2) is 48.5 Å². The molecule has 2 saturated heterocycles. The van der Waals surface area contributed by atoms with E-state index in [9.17, 15) is 24.0 Å². The van der Waals surface area contributed by atoms with Crippen LogP contribution in [0.25, 0.3) is 4.85 Å². The average Bonchev–Trinajstić information content (AvgIpc) is 3.65. The van der Waals surface area contributed by atoms with Crippen LogP contribution in [0.1, 0.15) is 109 Å². The van der Waals surface area contributed by atoms with Crippen molar-refractivity contribution < 1.29 is 28.7 Å². The molecule has 2 aromatic carbocycles. The van der Waals surface area contributed by atoms with Crippen molar-refractivity contribution in [1.82, 2.24) is 25.0 Å². The first-order chi connectivity index (χ1) is 29.1. The minimum atomic E-state index is -0.981. The lowest BCUT2D eigenvalue weighted by molar-refractivity contribution is -0.199. The fourth-order valence-electron chi connectivity index (χ4n) is 11.2. The Labute approximate surface area is 360 Å². The lowest BCUT2D eigenvalue weighted by Crippen LogP contribution is -2.74. The standard InChI is InChI=1S/C47H48ClN7O6/c1-46(2)44(47(3,4)45(46)61-31-11-14-36(49-5)35(48)24-31)54-25-37-33(41(54)58)12-9-27(50-37)8-7-26-21-30(22-26)52(6)28-17-19-53(20-18-28)29-10-13-32-34(23-29)43(60)55(42(32)59)38-15-16-39(56)51-40(38)57/h9-14,23-24,26,28,30,38,44-45H,15-22,25H2,1-4,6H3,(H,51,56,57). The molecule has 1 aromatic heterocycles. The predicted molar refractivity (Wildman–Crippen MR) is 227 cm³/mol. The minimum Gasteiger partial charge on any atom is -0.489 e. The maximum atomic E-state index is 13.8. The topological polar surface area (TPSA) is 137 Å². The molecule has 1 N–H and O–H groups in total. The molecule has 6 aliphatic rings. The van der Waals surface area contributed by atoms with Gasteiger partial charge in [0.05, 0.1) is 40.5 Å². The molecule has 4 aliphatic heterocycles. The molecule has 61 heavy (non-hydrogen) atoms. The van der Waals surface area contributed by atoms with E-state index < -0.39 is 29.7 Å². The molecule has 5 heterocycles. The molecule has 14 heteroatoms. The highest BCUT2D eigenvalue weighted by atomic mass is 35.5. The molecule has 3 aromatic rings. The van der Waals surface area contributed by atoms with E-state index in [4.69, 9.17) is 27.9 Å². The van der Waals surface area contributed by atoms with Gasteiger partial charge in [0, 0.05) is 60.1 Å². The first-order valence-corrected chi connectivity index (χ1v) is 21.4. The van der Waals surface area contributed by atoms with Crippen LogP contribution >= 0.6 is 11.6 Å². The van der Waals surface area contributed by atoms with E-state index in [1.54, 1.807) is 30.3 Å². The SMILES string of the molecule is [C-]#[N+]c1ccc(OC2C(C)(C)C(N3Cc4nc(C#CC5CC(N(C)C6CCN(c7ccc8c(c7)C(=O)N(C7CCC(=O)NC7=O)C8=O)CC6)C5)ccc4C3=O)C2(C)C)cc1Cl. The molecule has 5 amide bonds. The van der Waals surface area contributed by atoms with E-state index in [1.807, 2.05) is 23.1 Å². The van der Waals surface area contributed by atoms with Crippen molar-refractivity contribution in [2.45, 2.75) is 103 Å². The highest BCUT2D eigenvalue weighted by Gasteiger charge is 2.67. The molecular weight excluding hydrogens is 794 g/mol. The molecule has 2 aliphatic carbocycles. The van der Waals surface area contributed by atoms with Gasteiger partial charge in [-0.15, -0.1) is 0 Å². The number of pyridine rings is 1. The van der Waals surface area contributed by atoms with E-state index in [1.165, 1.54) is 0 Å². The van der Waals surface area contributed by atoms with Gasteiger partial charge in [0.1, 0.15) is 23.6 Å². The van der Waals surface area contributed by atoms with E-state index in [2.05, 4.69) is 66.5 Å². The maximum absolute atomic E-state index is 13.8. The maximum Gasteiger partial charge on any atom is 0.262 e. The fraction of sp³-hybridized carbons (Fsp3) is 0.468. The Bertz CT molecular complexity index is 2490. The minimum absolute atomic E-state index is 0.0241. The number of aromatic nitrogens is 1. The summed E-state index contributed by atoms with van der Waals surface area (Å²) in [5.41, 5.74) is 3.17. The zero-order valence-electron chi connectivity index (χ0n) is 35.0. The average molecular weight is 842 g/mol. The Morgan fingerprint density at radius 3 is 2.28 bits per heavy atom. The Kier molecular flexibility index (Phi) is 9.99. The van der Waals surface area contributed by atoms with Crippen molar-refractivity contribution >= 4 is 52.5 Å². The van der Waals surface area contributed by atoms with Gasteiger partial charge in [-0.2, -0.15) is 0 Å². The molecule has 1 atom stereocenters. The summed E-state index contributed by atoms with van der Waals surface area (Å²) in [6.45, 7) is 17.8. The second-order valence-electron chi connectivity index (χ2n) is 18.5. The number of rotatable bonds is 7. The number of piperidine rings is 2. The van der Waals surface area contributed by atoms with Crippen LogP contribution in [0, 0.1) is 35.2 Å². The van der Waals surface area contributed by atoms with Crippen molar-refractivity contribution in [2.24, 2.45) is 16.7 Å². The van der Waals surface area contributed by atoms with Crippen molar-refractivity contribution in [3.63, 3.8) is 0 Å². The normalized spacial score (nSPS) is 26.5. The third kappa shape index (κ3) is 6.83. The summed E-state index contributed by atoms with van der Waals surface area (Å²) in [6.07, 6.45) is 3.91. The Morgan fingerprint density at radius 2 is 1.59 bits per heavy atom. The van der Waals surface area contributed by atoms with Crippen molar-refractivity contribution in [3.8, 4) is 17.6 Å². The van der Waals surface area contributed by atoms with Gasteiger partial charge in [-0.1, -0.05) is 51.3 Å². The van der Waals surface area contributed by atoms with Gasteiger partial charge in [-0.3, -0.25) is 34.2 Å². The molecule has 0 spiro atoms. The van der Waals surface area contributed by atoms with Gasteiger partial charge in [-0.05, 0) is 87.5 Å². The predicted octanol–water partition coefficient (Wildman–Crippen LogP) is 6.26. The molecule has 314 valence electrons. The van der Waals surface area contributed by atoms with Gasteiger partial charge in [-0.25, -0.2) is 9.83 Å². The number of anilines is 1. The summed E-state index contributed by atoms with van der Waals surface area (Å²) in [5.74, 6) is 5.62. The van der Waals surface area contributed by atoms with Crippen LogP contribution < -0.4 is 15.0 Å². The molecule has 13 nitrogen and oxygen atoms in total. The second-order valence-corrected chi connectivity index (χ2v) is 19.0. The monoisotopic (exact) mass is 841 g/mol. The number of ether oxygens (including phenoxy) is 1. The first-order valence-electron chi connectivity index (χ1n) is 21.1. The van der Waals surface area contributed by atoms with E-state index in [0.29, 0.717) is 51.9 Å². The number of hydrogen-bond acceptors (Lipinski definition) is 9. The number of benzene rings is 2. The van der Waals surface area contributed by atoms with Gasteiger partial charge >= 0.3 is 0 Å². The number of hydrogen-bond donors (Lipinski definition) is 1. The van der Waals surface area contributed by atoms with Gasteiger partial charge in [0.25, 0.3) is 17.7 Å². The molecule has 4 fully saturated rings. The fourth-order valence-corrected chi connectivity index (χ4v) is 11.4. The molecule has 0 bridgehead atoms. The smallest absolute Gasteiger partial charge is 0.262 e. The summed E-state index contributed by atoms with van der Waals surface area (Å²) in [6, 6.07) is 13.9. The zero-order valence-corrected chi connectivity index (χ0v) is 35.7. The number of amides is 5. The highest BCUT2D eigenvalue weighted by Crippen LogP contribution is 2.59. The Hall–Kier alpha value is -5.76. The number of fused-ring (bicyclic) bond motifs is 2. The number of imide groups is 2. The summed E-state index contributed by atoms with van der Waals surface area (Å²) in [7, 11) is 2.20. The lowest BCUT2D eigenvalue weighted by atomic mass is 9.49. The number of nitrogens with one attached hydrogen (secondary N) is 1. The number of nitrogens with zero attached hydrogens (tertiary/aromatic N) is 6. The van der Waals surface area contributed by atoms with Gasteiger partial charge in [0.15, 0.2) is 0 Å². The third-order valence-electron chi connectivity index (χ3n) is 14.1. The van der Waals surface area contributed by atoms with E-state index in [-0.39, 0.29) is 53.2 Å². The van der Waals surface area contributed by atoms with Gasteiger partial charge in [0.2, 0.25) is 17.5 Å². The molecule has 1 unspecified atom stereocenters. The van der Waals surface area contributed by atoms with Crippen LogP contribution in [-0.2, 0) is 16.1 Å². The number of halogens is 1. The van der Waals surface area contributed by atoms with Gasteiger partial charge < -0.3 is 19.4 Å². The van der Waals surface area contributed by atoms with Crippen LogP contribution in [0.4, 0.5) is 11.4 Å². The van der Waals surface area contributed by atoms with E-state index >= 15 is 0 Å². The highest BCUT2D eigenvalue weighted by molar-refractivity contribution is 6.33. The van der Waals surface area contributed by atoms with E-state index in [0.717, 1.165) is 55.1 Å².